The third-order valence-electron chi connectivity index (χ3n) is 2.95. The molecule has 106 valence electrons. The molecule has 0 radical (unpaired) electrons. The van der Waals surface area contributed by atoms with E-state index in [2.05, 4.69) is 45.3 Å². The predicted molar refractivity (Wildman–Crippen MR) is 86.6 cm³/mol. The first kappa shape index (κ1) is 13.6. The summed E-state index contributed by atoms with van der Waals surface area (Å²) in [5.74, 6) is 0.794. The second-order valence-electron chi connectivity index (χ2n) is 4.78. The Morgan fingerprint density at radius 3 is 2.48 bits per heavy atom. The highest BCUT2D eigenvalue weighted by atomic mass is 32.2. The number of hydrogen-bond acceptors (Lipinski definition) is 6. The van der Waals surface area contributed by atoms with Crippen LogP contribution in [0.2, 0.25) is 0 Å². The van der Waals surface area contributed by atoms with Crippen molar-refractivity contribution >= 4 is 34.4 Å². The lowest BCUT2D eigenvalue weighted by molar-refractivity contribution is 0.876. The van der Waals surface area contributed by atoms with Crippen molar-refractivity contribution in [1.82, 2.24) is 15.0 Å². The van der Waals surface area contributed by atoms with Gasteiger partial charge in [-0.2, -0.15) is 15.0 Å². The quantitative estimate of drug-likeness (QED) is 0.802. The summed E-state index contributed by atoms with van der Waals surface area (Å²) in [5, 5.41) is 3.00. The minimum absolute atomic E-state index is 0.233. The molecule has 0 aliphatic carbocycles. The minimum atomic E-state index is 0.233. The Morgan fingerprint density at radius 1 is 0.952 bits per heavy atom. The Bertz CT molecular complexity index is 788. The lowest BCUT2D eigenvalue weighted by atomic mass is 10.1. The minimum Gasteiger partial charge on any atom is -0.368 e. The molecule has 0 fully saturated rings. The Hall–Kier alpha value is -2.34. The fourth-order valence-electron chi connectivity index (χ4n) is 1.94. The molecule has 0 bridgehead atoms. The van der Waals surface area contributed by atoms with Crippen molar-refractivity contribution in [3.8, 4) is 0 Å². The third-order valence-corrected chi connectivity index (χ3v) is 3.81. The molecule has 0 amide bonds. The molecule has 0 unspecified atom stereocenters. The summed E-state index contributed by atoms with van der Waals surface area (Å²) in [6.07, 6.45) is 0. The van der Waals surface area contributed by atoms with Crippen molar-refractivity contribution in [2.24, 2.45) is 0 Å². The van der Waals surface area contributed by atoms with Gasteiger partial charge < -0.3 is 10.6 Å². The molecule has 2 aromatic carbocycles. The highest BCUT2D eigenvalue weighted by molar-refractivity contribution is 7.99. The van der Waals surface area contributed by atoms with Crippen LogP contribution in [0.4, 0.5) is 11.9 Å². The molecular weight excluding hydrogens is 282 g/mol. The number of nitrogen functional groups attached to an aromatic ring is 1. The standard InChI is InChI=1S/C15H15N5S/c1-20(2)14-17-13(16)18-15(19-14)21-12-8-7-10-5-3-4-6-11(10)9-12/h3-9H,1-2H3,(H2,16,17,18,19). The van der Waals surface area contributed by atoms with Gasteiger partial charge in [-0.25, -0.2) is 0 Å². The van der Waals surface area contributed by atoms with Crippen molar-refractivity contribution in [2.75, 3.05) is 24.7 Å². The van der Waals surface area contributed by atoms with Crippen LogP contribution in [-0.2, 0) is 0 Å². The van der Waals surface area contributed by atoms with E-state index in [0.29, 0.717) is 11.1 Å². The van der Waals surface area contributed by atoms with Gasteiger partial charge in [0.05, 0.1) is 0 Å². The monoisotopic (exact) mass is 297 g/mol. The van der Waals surface area contributed by atoms with Gasteiger partial charge in [0.2, 0.25) is 11.9 Å². The molecule has 0 aliphatic rings. The lowest BCUT2D eigenvalue weighted by Crippen LogP contribution is -2.15. The van der Waals surface area contributed by atoms with Crippen molar-refractivity contribution in [3.63, 3.8) is 0 Å². The van der Waals surface area contributed by atoms with Gasteiger partial charge in [0.25, 0.3) is 0 Å². The Balaban J connectivity index is 1.94. The summed E-state index contributed by atoms with van der Waals surface area (Å²) >= 11 is 1.48. The fourth-order valence-corrected chi connectivity index (χ4v) is 2.74. The third kappa shape index (κ3) is 3.05. The first-order chi connectivity index (χ1) is 10.1. The maximum Gasteiger partial charge on any atom is 0.230 e. The predicted octanol–water partition coefficient (Wildman–Crippen LogP) is 2.82. The van der Waals surface area contributed by atoms with Gasteiger partial charge in [0, 0.05) is 19.0 Å². The van der Waals surface area contributed by atoms with Gasteiger partial charge in [-0.3, -0.25) is 0 Å². The van der Waals surface area contributed by atoms with Crippen LogP contribution in [0.5, 0.6) is 0 Å². The van der Waals surface area contributed by atoms with E-state index >= 15 is 0 Å². The van der Waals surface area contributed by atoms with E-state index in [1.807, 2.05) is 31.1 Å². The smallest absolute Gasteiger partial charge is 0.230 e. The van der Waals surface area contributed by atoms with Crippen LogP contribution in [0, 0.1) is 0 Å². The maximum atomic E-state index is 5.74. The fraction of sp³-hybridized carbons (Fsp3) is 0.133. The van der Waals surface area contributed by atoms with E-state index in [0.717, 1.165) is 4.90 Å². The number of fused-ring (bicyclic) bond motifs is 1. The molecule has 2 N–H and O–H groups in total. The number of rotatable bonds is 3. The zero-order valence-corrected chi connectivity index (χ0v) is 12.6. The second kappa shape index (κ2) is 5.57. The van der Waals surface area contributed by atoms with E-state index in [1.54, 1.807) is 0 Å². The average Bonchev–Trinajstić information content (AvgIpc) is 2.46. The van der Waals surface area contributed by atoms with Gasteiger partial charge in [-0.1, -0.05) is 30.3 Å². The number of nitrogens with two attached hydrogens (primary N) is 1. The van der Waals surface area contributed by atoms with Gasteiger partial charge in [0.15, 0.2) is 5.16 Å². The number of hydrogen-bond donors (Lipinski definition) is 1. The van der Waals surface area contributed by atoms with Crippen LogP contribution in [0.1, 0.15) is 0 Å². The summed E-state index contributed by atoms with van der Waals surface area (Å²) in [5.41, 5.74) is 5.74. The van der Waals surface area contributed by atoms with Crippen LogP contribution in [0.3, 0.4) is 0 Å². The normalized spacial score (nSPS) is 10.8. The van der Waals surface area contributed by atoms with Gasteiger partial charge in [-0.15, -0.1) is 0 Å². The Morgan fingerprint density at radius 2 is 1.71 bits per heavy atom. The topological polar surface area (TPSA) is 67.9 Å². The van der Waals surface area contributed by atoms with Crippen molar-refractivity contribution < 1.29 is 0 Å². The van der Waals surface area contributed by atoms with E-state index in [9.17, 15) is 0 Å². The van der Waals surface area contributed by atoms with Crippen molar-refractivity contribution in [2.45, 2.75) is 10.1 Å². The van der Waals surface area contributed by atoms with Crippen LogP contribution < -0.4 is 10.6 Å². The molecule has 1 aromatic heterocycles. The molecule has 0 aliphatic heterocycles. The van der Waals surface area contributed by atoms with Crippen LogP contribution in [0.25, 0.3) is 10.8 Å². The summed E-state index contributed by atoms with van der Waals surface area (Å²) < 4.78 is 0. The second-order valence-corrected chi connectivity index (χ2v) is 5.82. The lowest BCUT2D eigenvalue weighted by Gasteiger charge is -2.11. The van der Waals surface area contributed by atoms with Gasteiger partial charge >= 0.3 is 0 Å². The van der Waals surface area contributed by atoms with Crippen molar-refractivity contribution in [1.29, 1.82) is 0 Å². The molecular formula is C15H15N5S. The number of aromatic nitrogens is 3. The van der Waals surface area contributed by atoms with E-state index in [4.69, 9.17) is 5.73 Å². The van der Waals surface area contributed by atoms with Crippen LogP contribution >= 0.6 is 11.8 Å². The largest absolute Gasteiger partial charge is 0.368 e. The molecule has 0 saturated heterocycles. The highest BCUT2D eigenvalue weighted by Crippen LogP contribution is 2.28. The van der Waals surface area contributed by atoms with Crippen LogP contribution in [-0.4, -0.2) is 29.0 Å². The first-order valence-electron chi connectivity index (χ1n) is 6.47. The molecule has 0 spiro atoms. The number of anilines is 2. The molecule has 1 heterocycles. The zero-order valence-electron chi connectivity index (χ0n) is 11.8. The van der Waals surface area contributed by atoms with Gasteiger partial charge in [-0.05, 0) is 34.7 Å². The molecule has 0 atom stereocenters. The summed E-state index contributed by atoms with van der Waals surface area (Å²) in [6.45, 7) is 0. The Kier molecular flexibility index (Phi) is 3.62. The van der Waals surface area contributed by atoms with E-state index in [1.165, 1.54) is 22.5 Å². The summed E-state index contributed by atoms with van der Waals surface area (Å²) in [6, 6.07) is 14.5. The molecule has 3 aromatic rings. The highest BCUT2D eigenvalue weighted by Gasteiger charge is 2.08. The van der Waals surface area contributed by atoms with E-state index < -0.39 is 0 Å². The summed E-state index contributed by atoms with van der Waals surface area (Å²) in [4.78, 5) is 15.6. The average molecular weight is 297 g/mol. The molecule has 5 nitrogen and oxygen atoms in total. The number of benzene rings is 2. The molecule has 21 heavy (non-hydrogen) atoms. The summed E-state index contributed by atoms with van der Waals surface area (Å²) in [7, 11) is 3.75. The Labute approximate surface area is 127 Å². The number of nitrogens with zero attached hydrogens (tertiary/aromatic N) is 4. The zero-order chi connectivity index (χ0) is 14.8. The van der Waals surface area contributed by atoms with Crippen LogP contribution in [0.15, 0.2) is 52.5 Å². The first-order valence-corrected chi connectivity index (χ1v) is 7.29. The SMILES string of the molecule is CN(C)c1nc(N)nc(Sc2ccc3ccccc3c2)n1. The van der Waals surface area contributed by atoms with Gasteiger partial charge in [0.1, 0.15) is 0 Å². The molecule has 6 heteroatoms. The van der Waals surface area contributed by atoms with E-state index in [-0.39, 0.29) is 5.95 Å². The maximum absolute atomic E-state index is 5.74. The van der Waals surface area contributed by atoms with Crippen molar-refractivity contribution in [3.05, 3.63) is 42.5 Å². The molecule has 3 rings (SSSR count). The molecule has 0 saturated carbocycles.